The second-order valence-electron chi connectivity index (χ2n) is 4.73. The Morgan fingerprint density at radius 1 is 0.800 bits per heavy atom. The Morgan fingerprint density at radius 3 is 2.00 bits per heavy atom. The molecule has 1 aliphatic rings. The molecule has 3 heteroatoms. The standard InChI is InChI=1S/C17H19N2P/c1-4-10-16(11-5-1)20(17-12-6-2-7-13-17)19-15-9-3-8-14-18-19/h1-7,9-13,18H,8,14-15H2. The molecule has 2 nitrogen and oxygen atoms in total. The van der Waals surface area contributed by atoms with Gasteiger partial charge in [-0.15, -0.1) is 0 Å². The average Bonchev–Trinajstić information content (AvgIpc) is 2.79. The van der Waals surface area contributed by atoms with Gasteiger partial charge in [0.2, 0.25) is 0 Å². The predicted octanol–water partition coefficient (Wildman–Crippen LogP) is 2.80. The molecule has 0 aromatic heterocycles. The van der Waals surface area contributed by atoms with Crippen molar-refractivity contribution < 1.29 is 0 Å². The molecule has 0 amide bonds. The minimum Gasteiger partial charge on any atom is -0.250 e. The van der Waals surface area contributed by atoms with Gasteiger partial charge in [0.05, 0.1) is 0 Å². The lowest BCUT2D eigenvalue weighted by Crippen LogP contribution is -2.38. The van der Waals surface area contributed by atoms with Gasteiger partial charge in [-0.3, -0.25) is 5.43 Å². The Balaban J connectivity index is 1.97. The zero-order chi connectivity index (χ0) is 13.6. The van der Waals surface area contributed by atoms with E-state index >= 15 is 0 Å². The van der Waals surface area contributed by atoms with E-state index in [-0.39, 0.29) is 0 Å². The van der Waals surface area contributed by atoms with E-state index in [1.807, 2.05) is 0 Å². The zero-order valence-corrected chi connectivity index (χ0v) is 12.3. The Bertz CT molecular complexity index is 514. The Labute approximate surface area is 121 Å². The van der Waals surface area contributed by atoms with Gasteiger partial charge in [0.1, 0.15) is 0 Å². The molecule has 2 aromatic rings. The van der Waals surface area contributed by atoms with E-state index in [1.165, 1.54) is 10.6 Å². The van der Waals surface area contributed by atoms with Crippen molar-refractivity contribution in [3.05, 3.63) is 72.8 Å². The van der Waals surface area contributed by atoms with Crippen LogP contribution in [0.25, 0.3) is 0 Å². The van der Waals surface area contributed by atoms with Crippen LogP contribution < -0.4 is 16.0 Å². The van der Waals surface area contributed by atoms with E-state index in [4.69, 9.17) is 0 Å². The summed E-state index contributed by atoms with van der Waals surface area (Å²) in [6.07, 6.45) is 5.63. The van der Waals surface area contributed by atoms with Gasteiger partial charge >= 0.3 is 0 Å². The topological polar surface area (TPSA) is 15.3 Å². The normalized spacial score (nSPS) is 16.2. The minimum atomic E-state index is -0.515. The number of benzene rings is 2. The lowest BCUT2D eigenvalue weighted by molar-refractivity contribution is 0.386. The molecule has 0 bridgehead atoms. The SMILES string of the molecule is C1=CCN(P(c2ccccc2)c2ccccc2)NCC1. The van der Waals surface area contributed by atoms with Crippen LogP contribution in [-0.4, -0.2) is 17.9 Å². The monoisotopic (exact) mass is 282 g/mol. The van der Waals surface area contributed by atoms with Gasteiger partial charge in [-0.1, -0.05) is 72.8 Å². The smallest absolute Gasteiger partial charge is 0.0435 e. The molecule has 2 aromatic carbocycles. The molecule has 1 N–H and O–H groups in total. The molecular formula is C17H19N2P. The van der Waals surface area contributed by atoms with Crippen molar-refractivity contribution in [1.82, 2.24) is 10.2 Å². The maximum atomic E-state index is 3.58. The van der Waals surface area contributed by atoms with E-state index in [2.05, 4.69) is 83.0 Å². The van der Waals surface area contributed by atoms with E-state index in [0.717, 1.165) is 19.5 Å². The van der Waals surface area contributed by atoms with Gasteiger partial charge in [-0.05, 0) is 17.0 Å². The average molecular weight is 282 g/mol. The van der Waals surface area contributed by atoms with E-state index < -0.39 is 8.07 Å². The van der Waals surface area contributed by atoms with Crippen LogP contribution in [0.15, 0.2) is 72.8 Å². The first-order valence-corrected chi connectivity index (χ1v) is 8.31. The summed E-state index contributed by atoms with van der Waals surface area (Å²) in [6.45, 7) is 1.96. The van der Waals surface area contributed by atoms with Crippen molar-refractivity contribution >= 4 is 18.7 Å². The number of hydrazine groups is 1. The maximum absolute atomic E-state index is 3.58. The van der Waals surface area contributed by atoms with Crippen molar-refractivity contribution in [3.8, 4) is 0 Å². The molecule has 0 unspecified atom stereocenters. The quantitative estimate of drug-likeness (QED) is 0.688. The lowest BCUT2D eigenvalue weighted by Gasteiger charge is -2.31. The van der Waals surface area contributed by atoms with E-state index in [0.29, 0.717) is 0 Å². The summed E-state index contributed by atoms with van der Waals surface area (Å²) in [5, 5.41) is 2.77. The van der Waals surface area contributed by atoms with Gasteiger partial charge in [0.15, 0.2) is 0 Å². The molecule has 20 heavy (non-hydrogen) atoms. The van der Waals surface area contributed by atoms with Crippen molar-refractivity contribution in [3.63, 3.8) is 0 Å². The first-order valence-electron chi connectivity index (χ1n) is 7.01. The molecule has 3 rings (SSSR count). The van der Waals surface area contributed by atoms with Gasteiger partial charge in [-0.2, -0.15) is 0 Å². The van der Waals surface area contributed by atoms with Crippen molar-refractivity contribution in [2.45, 2.75) is 6.42 Å². The summed E-state index contributed by atoms with van der Waals surface area (Å²) in [4.78, 5) is 0. The first kappa shape index (κ1) is 13.5. The van der Waals surface area contributed by atoms with Crippen LogP contribution >= 0.6 is 8.07 Å². The van der Waals surface area contributed by atoms with Crippen LogP contribution in [0.1, 0.15) is 6.42 Å². The highest BCUT2D eigenvalue weighted by Gasteiger charge is 2.21. The molecule has 1 heterocycles. The predicted molar refractivity (Wildman–Crippen MR) is 87.5 cm³/mol. The number of hydrogen-bond acceptors (Lipinski definition) is 2. The largest absolute Gasteiger partial charge is 0.250 e. The summed E-state index contributed by atoms with van der Waals surface area (Å²) in [5.74, 6) is 0. The highest BCUT2D eigenvalue weighted by molar-refractivity contribution is 7.70. The fourth-order valence-corrected chi connectivity index (χ4v) is 4.62. The lowest BCUT2D eigenvalue weighted by atomic mass is 10.4. The number of nitrogens with zero attached hydrogens (tertiary/aromatic N) is 1. The molecule has 102 valence electrons. The van der Waals surface area contributed by atoms with Crippen LogP contribution in [0.5, 0.6) is 0 Å². The Morgan fingerprint density at radius 2 is 1.40 bits per heavy atom. The fraction of sp³-hybridized carbons (Fsp3) is 0.176. The third kappa shape index (κ3) is 3.16. The van der Waals surface area contributed by atoms with Crippen LogP contribution in [0.3, 0.4) is 0 Å². The minimum absolute atomic E-state index is 0.515. The fourth-order valence-electron chi connectivity index (χ4n) is 2.35. The number of rotatable bonds is 3. The number of hydrogen-bond donors (Lipinski definition) is 1. The van der Waals surface area contributed by atoms with Gasteiger partial charge in [0, 0.05) is 21.2 Å². The molecule has 0 atom stereocenters. The molecule has 0 saturated heterocycles. The third-order valence-corrected chi connectivity index (χ3v) is 5.66. The van der Waals surface area contributed by atoms with Crippen LogP contribution in [0.2, 0.25) is 0 Å². The molecule has 0 radical (unpaired) electrons. The molecule has 0 saturated carbocycles. The molecule has 1 aliphatic heterocycles. The summed E-state index contributed by atoms with van der Waals surface area (Å²) < 4.78 is 2.39. The molecule has 0 aliphatic carbocycles. The molecule has 0 fully saturated rings. The third-order valence-electron chi connectivity index (χ3n) is 3.29. The summed E-state index contributed by atoms with van der Waals surface area (Å²) in [6, 6.07) is 21.6. The maximum Gasteiger partial charge on any atom is 0.0435 e. The van der Waals surface area contributed by atoms with Crippen molar-refractivity contribution in [2.75, 3.05) is 13.1 Å². The molecular weight excluding hydrogens is 263 g/mol. The highest BCUT2D eigenvalue weighted by atomic mass is 31.1. The van der Waals surface area contributed by atoms with Crippen LogP contribution in [0, 0.1) is 0 Å². The highest BCUT2D eigenvalue weighted by Crippen LogP contribution is 2.36. The first-order chi connectivity index (χ1) is 9.95. The van der Waals surface area contributed by atoms with Crippen molar-refractivity contribution in [1.29, 1.82) is 0 Å². The zero-order valence-electron chi connectivity index (χ0n) is 11.4. The van der Waals surface area contributed by atoms with E-state index in [1.54, 1.807) is 0 Å². The second kappa shape index (κ2) is 6.81. The van der Waals surface area contributed by atoms with Crippen LogP contribution in [-0.2, 0) is 0 Å². The molecule has 0 spiro atoms. The number of nitrogens with one attached hydrogen (secondary N) is 1. The van der Waals surface area contributed by atoms with E-state index in [9.17, 15) is 0 Å². The van der Waals surface area contributed by atoms with Gasteiger partial charge < -0.3 is 0 Å². The van der Waals surface area contributed by atoms with Gasteiger partial charge in [-0.25, -0.2) is 4.78 Å². The summed E-state index contributed by atoms with van der Waals surface area (Å²) >= 11 is 0. The summed E-state index contributed by atoms with van der Waals surface area (Å²) in [5.41, 5.74) is 3.58. The van der Waals surface area contributed by atoms with Crippen LogP contribution in [0.4, 0.5) is 0 Å². The Hall–Kier alpha value is -1.47. The van der Waals surface area contributed by atoms with Gasteiger partial charge in [0.25, 0.3) is 0 Å². The van der Waals surface area contributed by atoms with Crippen molar-refractivity contribution in [2.24, 2.45) is 0 Å². The second-order valence-corrected chi connectivity index (χ2v) is 6.87. The Kier molecular flexibility index (Phi) is 4.60. The summed E-state index contributed by atoms with van der Waals surface area (Å²) in [7, 11) is -0.515.